The van der Waals surface area contributed by atoms with Crippen molar-refractivity contribution in [3.05, 3.63) is 28.5 Å². The summed E-state index contributed by atoms with van der Waals surface area (Å²) in [4.78, 5) is 2.50. The van der Waals surface area contributed by atoms with Gasteiger partial charge in [0.2, 0.25) is 0 Å². The Morgan fingerprint density at radius 1 is 1.33 bits per heavy atom. The fourth-order valence-corrected chi connectivity index (χ4v) is 2.85. The highest BCUT2D eigenvalue weighted by molar-refractivity contribution is 9.10. The normalized spacial score (nSPS) is 18.3. The number of piperidine rings is 1. The first-order valence-electron chi connectivity index (χ1n) is 6.52. The van der Waals surface area contributed by atoms with Crippen LogP contribution in [0.25, 0.3) is 0 Å². The average molecular weight is 315 g/mol. The molecule has 1 N–H and O–H groups in total. The van der Waals surface area contributed by atoms with Crippen molar-refractivity contribution in [3.63, 3.8) is 0 Å². The summed E-state index contributed by atoms with van der Waals surface area (Å²) < 4.78 is 13.8. The van der Waals surface area contributed by atoms with Gasteiger partial charge in [0, 0.05) is 35.3 Å². The van der Waals surface area contributed by atoms with Gasteiger partial charge in [0.05, 0.1) is 0 Å². The lowest BCUT2D eigenvalue weighted by molar-refractivity contribution is 0.177. The highest BCUT2D eigenvalue weighted by Gasteiger charge is 2.20. The van der Waals surface area contributed by atoms with E-state index in [0.717, 1.165) is 36.1 Å². The molecule has 18 heavy (non-hydrogen) atoms. The Labute approximate surface area is 117 Å². The topological polar surface area (TPSA) is 15.3 Å². The van der Waals surface area contributed by atoms with Crippen LogP contribution in [0, 0.1) is 5.82 Å². The third kappa shape index (κ3) is 3.45. The number of anilines is 1. The summed E-state index contributed by atoms with van der Waals surface area (Å²) in [6.45, 7) is 6.75. The van der Waals surface area contributed by atoms with Crippen LogP contribution in [0.1, 0.15) is 26.7 Å². The third-order valence-electron chi connectivity index (χ3n) is 3.55. The van der Waals surface area contributed by atoms with Gasteiger partial charge in [0.25, 0.3) is 0 Å². The van der Waals surface area contributed by atoms with Gasteiger partial charge < -0.3 is 10.2 Å². The molecule has 1 heterocycles. The molecule has 2 rings (SSSR count). The van der Waals surface area contributed by atoms with E-state index in [1.54, 1.807) is 6.07 Å². The molecule has 100 valence electrons. The van der Waals surface area contributed by atoms with Crippen molar-refractivity contribution in [2.75, 3.05) is 18.4 Å². The first kappa shape index (κ1) is 13.8. The maximum Gasteiger partial charge on any atom is 0.124 e. The molecule has 4 heteroatoms. The monoisotopic (exact) mass is 314 g/mol. The zero-order valence-corrected chi connectivity index (χ0v) is 12.5. The molecule has 0 atom stereocenters. The van der Waals surface area contributed by atoms with Gasteiger partial charge in [-0.15, -0.1) is 0 Å². The smallest absolute Gasteiger partial charge is 0.124 e. The summed E-state index contributed by atoms with van der Waals surface area (Å²) in [5, 5.41) is 3.50. The Morgan fingerprint density at radius 3 is 2.56 bits per heavy atom. The van der Waals surface area contributed by atoms with Crippen LogP contribution in [0.3, 0.4) is 0 Å². The van der Waals surface area contributed by atoms with Crippen LogP contribution in [0.2, 0.25) is 0 Å². The molecular weight excluding hydrogens is 295 g/mol. The van der Waals surface area contributed by atoms with Crippen LogP contribution in [0.4, 0.5) is 10.1 Å². The van der Waals surface area contributed by atoms with Crippen LogP contribution >= 0.6 is 15.9 Å². The molecule has 0 unspecified atom stereocenters. The molecule has 0 aliphatic carbocycles. The van der Waals surface area contributed by atoms with Crippen LogP contribution in [0.15, 0.2) is 22.7 Å². The van der Waals surface area contributed by atoms with E-state index in [2.05, 4.69) is 40.0 Å². The lowest BCUT2D eigenvalue weighted by Gasteiger charge is -2.35. The Balaban J connectivity index is 1.91. The van der Waals surface area contributed by atoms with E-state index in [1.807, 2.05) is 0 Å². The minimum atomic E-state index is -0.206. The number of rotatable bonds is 3. The van der Waals surface area contributed by atoms with Crippen LogP contribution in [-0.4, -0.2) is 30.1 Å². The number of hydrogen-bond donors (Lipinski definition) is 1. The molecule has 0 spiro atoms. The summed E-state index contributed by atoms with van der Waals surface area (Å²) in [5.74, 6) is -0.206. The first-order chi connectivity index (χ1) is 8.56. The molecule has 1 fully saturated rings. The number of likely N-dealkylation sites (tertiary alicyclic amines) is 1. The van der Waals surface area contributed by atoms with Gasteiger partial charge in [-0.2, -0.15) is 0 Å². The molecule has 1 aromatic carbocycles. The predicted molar refractivity (Wildman–Crippen MR) is 77.5 cm³/mol. The average Bonchev–Trinajstić information content (AvgIpc) is 2.33. The van der Waals surface area contributed by atoms with Crippen molar-refractivity contribution < 1.29 is 4.39 Å². The number of nitrogens with one attached hydrogen (secondary N) is 1. The second-order valence-corrected chi connectivity index (χ2v) is 6.03. The number of hydrogen-bond acceptors (Lipinski definition) is 2. The van der Waals surface area contributed by atoms with Crippen LogP contribution in [0.5, 0.6) is 0 Å². The number of nitrogens with zero attached hydrogens (tertiary/aromatic N) is 1. The molecular formula is C14H20BrFN2. The summed E-state index contributed by atoms with van der Waals surface area (Å²) in [6.07, 6.45) is 2.28. The molecule has 0 bridgehead atoms. The van der Waals surface area contributed by atoms with Gasteiger partial charge in [-0.1, -0.05) is 0 Å². The minimum Gasteiger partial charge on any atom is -0.381 e. The summed E-state index contributed by atoms with van der Waals surface area (Å²) in [5.41, 5.74) is 0.986. The maximum absolute atomic E-state index is 13.0. The third-order valence-corrected chi connectivity index (χ3v) is 4.21. The van der Waals surface area contributed by atoms with Crippen molar-refractivity contribution in [3.8, 4) is 0 Å². The molecule has 1 aromatic rings. The van der Waals surface area contributed by atoms with E-state index >= 15 is 0 Å². The molecule has 1 saturated heterocycles. The molecule has 0 amide bonds. The van der Waals surface area contributed by atoms with E-state index in [4.69, 9.17) is 0 Å². The summed E-state index contributed by atoms with van der Waals surface area (Å²) >= 11 is 3.40. The Kier molecular flexibility index (Phi) is 4.62. The van der Waals surface area contributed by atoms with Crippen molar-refractivity contribution in [1.29, 1.82) is 0 Å². The zero-order valence-electron chi connectivity index (χ0n) is 10.9. The largest absolute Gasteiger partial charge is 0.381 e. The van der Waals surface area contributed by atoms with Gasteiger partial charge in [-0.3, -0.25) is 0 Å². The van der Waals surface area contributed by atoms with Crippen molar-refractivity contribution in [1.82, 2.24) is 4.90 Å². The van der Waals surface area contributed by atoms with Gasteiger partial charge in [-0.25, -0.2) is 4.39 Å². The van der Waals surface area contributed by atoms with Crippen LogP contribution < -0.4 is 5.32 Å². The SMILES string of the molecule is CC(C)N1CCC(Nc2ccc(F)cc2Br)CC1. The fourth-order valence-electron chi connectivity index (χ4n) is 2.39. The van der Waals surface area contributed by atoms with E-state index in [-0.39, 0.29) is 5.82 Å². The molecule has 0 saturated carbocycles. The Morgan fingerprint density at radius 2 is 2.00 bits per heavy atom. The summed E-state index contributed by atoms with van der Waals surface area (Å²) in [6, 6.07) is 5.92. The number of benzene rings is 1. The van der Waals surface area contributed by atoms with E-state index < -0.39 is 0 Å². The quantitative estimate of drug-likeness (QED) is 0.911. The molecule has 0 radical (unpaired) electrons. The first-order valence-corrected chi connectivity index (χ1v) is 7.31. The van der Waals surface area contributed by atoms with Gasteiger partial charge in [0.1, 0.15) is 5.82 Å². The molecule has 1 aliphatic rings. The predicted octanol–water partition coefficient (Wildman–Crippen LogP) is 3.87. The van der Waals surface area contributed by atoms with Gasteiger partial charge >= 0.3 is 0 Å². The Bertz CT molecular complexity index is 401. The molecule has 2 nitrogen and oxygen atoms in total. The second-order valence-electron chi connectivity index (χ2n) is 5.17. The standard InChI is InChI=1S/C14H20BrFN2/c1-10(2)18-7-5-12(6-8-18)17-14-4-3-11(16)9-13(14)15/h3-4,9-10,12,17H,5-8H2,1-2H3. The number of halogens is 2. The van der Waals surface area contributed by atoms with Crippen molar-refractivity contribution in [2.45, 2.75) is 38.8 Å². The van der Waals surface area contributed by atoms with E-state index in [0.29, 0.717) is 12.1 Å². The van der Waals surface area contributed by atoms with E-state index in [1.165, 1.54) is 12.1 Å². The second kappa shape index (κ2) is 6.02. The zero-order chi connectivity index (χ0) is 13.1. The Hall–Kier alpha value is -0.610. The minimum absolute atomic E-state index is 0.206. The lowest BCUT2D eigenvalue weighted by atomic mass is 10.0. The van der Waals surface area contributed by atoms with E-state index in [9.17, 15) is 4.39 Å². The van der Waals surface area contributed by atoms with Crippen LogP contribution in [-0.2, 0) is 0 Å². The molecule has 1 aliphatic heterocycles. The van der Waals surface area contributed by atoms with Gasteiger partial charge in [0.15, 0.2) is 0 Å². The van der Waals surface area contributed by atoms with Crippen molar-refractivity contribution in [2.24, 2.45) is 0 Å². The van der Waals surface area contributed by atoms with Crippen molar-refractivity contribution >= 4 is 21.6 Å². The lowest BCUT2D eigenvalue weighted by Crippen LogP contribution is -2.42. The fraction of sp³-hybridized carbons (Fsp3) is 0.571. The summed E-state index contributed by atoms with van der Waals surface area (Å²) in [7, 11) is 0. The highest BCUT2D eigenvalue weighted by Crippen LogP contribution is 2.26. The molecule has 0 aromatic heterocycles. The highest BCUT2D eigenvalue weighted by atomic mass is 79.9. The maximum atomic E-state index is 13.0. The van der Waals surface area contributed by atoms with Gasteiger partial charge in [-0.05, 0) is 60.8 Å².